The third kappa shape index (κ3) is 2.19. The Balaban J connectivity index is 1.67. The van der Waals surface area contributed by atoms with Crippen LogP contribution in [-0.4, -0.2) is 31.4 Å². The lowest BCUT2D eigenvalue weighted by Crippen LogP contribution is -2.37. The van der Waals surface area contributed by atoms with Gasteiger partial charge >= 0.3 is 5.97 Å². The Morgan fingerprint density at radius 1 is 1.15 bits per heavy atom. The van der Waals surface area contributed by atoms with Gasteiger partial charge in [0.15, 0.2) is 11.5 Å². The van der Waals surface area contributed by atoms with E-state index < -0.39 is 0 Å². The smallest absolute Gasteiger partial charge is 0.314 e. The van der Waals surface area contributed by atoms with Gasteiger partial charge in [-0.15, -0.1) is 0 Å². The van der Waals surface area contributed by atoms with E-state index in [1.165, 1.54) is 7.11 Å². The number of aromatic nitrogens is 1. The molecule has 2 N–H and O–H groups in total. The molecule has 2 aliphatic rings. The zero-order chi connectivity index (χ0) is 17.7. The summed E-state index contributed by atoms with van der Waals surface area (Å²) >= 11 is 0. The van der Waals surface area contributed by atoms with E-state index in [1.54, 1.807) is 0 Å². The quantitative estimate of drug-likeness (QED) is 0.696. The molecule has 0 saturated heterocycles. The van der Waals surface area contributed by atoms with E-state index in [0.29, 0.717) is 6.54 Å². The molecule has 0 aliphatic carbocycles. The van der Waals surface area contributed by atoms with Crippen molar-refractivity contribution in [2.75, 3.05) is 20.4 Å². The van der Waals surface area contributed by atoms with E-state index in [2.05, 4.69) is 10.3 Å². The second kappa shape index (κ2) is 5.78. The summed E-state index contributed by atoms with van der Waals surface area (Å²) in [5.41, 5.74) is 4.08. The molecule has 6 heteroatoms. The van der Waals surface area contributed by atoms with Crippen LogP contribution in [0.25, 0.3) is 10.9 Å². The number of H-pyrrole nitrogens is 1. The Kier molecular flexibility index (Phi) is 3.39. The summed E-state index contributed by atoms with van der Waals surface area (Å²) in [7, 11) is 1.43. The first kappa shape index (κ1) is 15.3. The van der Waals surface area contributed by atoms with E-state index in [9.17, 15) is 4.79 Å². The van der Waals surface area contributed by atoms with Crippen molar-refractivity contribution in [3.05, 3.63) is 59.3 Å². The fourth-order valence-corrected chi connectivity index (χ4v) is 3.95. The summed E-state index contributed by atoms with van der Waals surface area (Å²) in [5.74, 6) is 0.940. The zero-order valence-corrected chi connectivity index (χ0v) is 14.2. The largest absolute Gasteiger partial charge is 0.469 e. The van der Waals surface area contributed by atoms with E-state index in [0.717, 1.165) is 39.2 Å². The number of carbonyl (C=O) groups is 1. The second-order valence-corrected chi connectivity index (χ2v) is 6.53. The molecule has 0 amide bonds. The maximum absolute atomic E-state index is 12.4. The summed E-state index contributed by atoms with van der Waals surface area (Å²) in [5, 5.41) is 4.54. The molecule has 1 aromatic heterocycles. The monoisotopic (exact) mass is 350 g/mol. The zero-order valence-electron chi connectivity index (χ0n) is 14.2. The summed E-state index contributed by atoms with van der Waals surface area (Å²) in [4.78, 5) is 15.9. The van der Waals surface area contributed by atoms with Gasteiger partial charge in [-0.1, -0.05) is 24.3 Å². The number of para-hydroxylation sites is 1. The predicted octanol–water partition coefficient (Wildman–Crippen LogP) is 2.85. The van der Waals surface area contributed by atoms with Crippen molar-refractivity contribution in [2.45, 2.75) is 12.0 Å². The van der Waals surface area contributed by atoms with Gasteiger partial charge < -0.3 is 24.5 Å². The minimum absolute atomic E-state index is 0.0622. The third-order valence-electron chi connectivity index (χ3n) is 5.16. The number of benzene rings is 2. The number of methoxy groups -OCH3 is 1. The minimum Gasteiger partial charge on any atom is -0.469 e. The summed E-state index contributed by atoms with van der Waals surface area (Å²) in [6.07, 6.45) is 0. The van der Waals surface area contributed by atoms with Gasteiger partial charge in [-0.2, -0.15) is 0 Å². The molecule has 0 saturated carbocycles. The molecule has 0 fully saturated rings. The number of rotatable bonds is 2. The van der Waals surface area contributed by atoms with Gasteiger partial charge in [0.2, 0.25) is 6.79 Å². The number of ether oxygens (including phenoxy) is 3. The SMILES string of the molecule is COC(=O)[C@@H]1CN[C@H](c2ccc3c(c2)OCO3)c2[nH]c3ccccc3c21. The van der Waals surface area contributed by atoms with Crippen molar-refractivity contribution in [3.8, 4) is 11.5 Å². The van der Waals surface area contributed by atoms with Crippen LogP contribution in [0, 0.1) is 0 Å². The van der Waals surface area contributed by atoms with E-state index >= 15 is 0 Å². The number of esters is 1. The highest BCUT2D eigenvalue weighted by Gasteiger charge is 2.36. The molecule has 2 aromatic carbocycles. The molecule has 5 rings (SSSR count). The maximum Gasteiger partial charge on any atom is 0.314 e. The Morgan fingerprint density at radius 3 is 2.88 bits per heavy atom. The van der Waals surface area contributed by atoms with Crippen molar-refractivity contribution in [2.24, 2.45) is 0 Å². The molecule has 3 aromatic rings. The molecule has 0 spiro atoms. The molecular formula is C20H18N2O4. The first-order valence-corrected chi connectivity index (χ1v) is 8.57. The first-order chi connectivity index (χ1) is 12.8. The number of hydrogen-bond donors (Lipinski definition) is 2. The number of nitrogens with one attached hydrogen (secondary N) is 2. The van der Waals surface area contributed by atoms with Gasteiger partial charge in [0.1, 0.15) is 0 Å². The van der Waals surface area contributed by atoms with E-state index in [4.69, 9.17) is 14.2 Å². The highest BCUT2D eigenvalue weighted by molar-refractivity contribution is 5.92. The average Bonchev–Trinajstić information content (AvgIpc) is 3.30. The molecule has 2 aliphatic heterocycles. The van der Waals surface area contributed by atoms with Crippen LogP contribution in [0.4, 0.5) is 0 Å². The Hall–Kier alpha value is -2.99. The van der Waals surface area contributed by atoms with Crippen LogP contribution in [0.3, 0.4) is 0 Å². The molecule has 0 unspecified atom stereocenters. The van der Waals surface area contributed by atoms with Crippen LogP contribution >= 0.6 is 0 Å². The molecule has 0 radical (unpaired) electrons. The lowest BCUT2D eigenvalue weighted by atomic mass is 9.87. The van der Waals surface area contributed by atoms with Gasteiger partial charge in [0, 0.05) is 23.1 Å². The number of carbonyl (C=O) groups excluding carboxylic acids is 1. The summed E-state index contributed by atoms with van der Waals surface area (Å²) < 4.78 is 16.0. The molecular weight excluding hydrogens is 332 g/mol. The average molecular weight is 350 g/mol. The molecule has 3 heterocycles. The minimum atomic E-state index is -0.337. The number of aromatic amines is 1. The van der Waals surface area contributed by atoms with Gasteiger partial charge in [0.25, 0.3) is 0 Å². The van der Waals surface area contributed by atoms with Gasteiger partial charge in [-0.05, 0) is 29.3 Å². The van der Waals surface area contributed by atoms with Crippen LogP contribution in [0.5, 0.6) is 11.5 Å². The molecule has 2 atom stereocenters. The van der Waals surface area contributed by atoms with Gasteiger partial charge in [-0.3, -0.25) is 4.79 Å². The van der Waals surface area contributed by atoms with Crippen LogP contribution in [0.2, 0.25) is 0 Å². The first-order valence-electron chi connectivity index (χ1n) is 8.57. The van der Waals surface area contributed by atoms with Crippen molar-refractivity contribution >= 4 is 16.9 Å². The normalized spacial score (nSPS) is 20.8. The lowest BCUT2D eigenvalue weighted by Gasteiger charge is -2.29. The van der Waals surface area contributed by atoms with Crippen LogP contribution in [0.1, 0.15) is 28.8 Å². The van der Waals surface area contributed by atoms with Gasteiger partial charge in [-0.25, -0.2) is 0 Å². The lowest BCUT2D eigenvalue weighted by molar-refractivity contribution is -0.142. The Morgan fingerprint density at radius 2 is 2.00 bits per heavy atom. The molecule has 6 nitrogen and oxygen atoms in total. The van der Waals surface area contributed by atoms with Crippen molar-refractivity contribution in [1.82, 2.24) is 10.3 Å². The van der Waals surface area contributed by atoms with Crippen molar-refractivity contribution < 1.29 is 19.0 Å². The Bertz CT molecular complexity index is 1010. The van der Waals surface area contributed by atoms with Gasteiger partial charge in [0.05, 0.1) is 19.1 Å². The summed E-state index contributed by atoms with van der Waals surface area (Å²) in [6.45, 7) is 0.763. The fraction of sp³-hybridized carbons (Fsp3) is 0.250. The number of fused-ring (bicyclic) bond motifs is 4. The molecule has 132 valence electrons. The fourth-order valence-electron chi connectivity index (χ4n) is 3.95. The topological polar surface area (TPSA) is 72.6 Å². The highest BCUT2D eigenvalue weighted by atomic mass is 16.7. The van der Waals surface area contributed by atoms with Crippen LogP contribution < -0.4 is 14.8 Å². The highest BCUT2D eigenvalue weighted by Crippen LogP contribution is 2.41. The summed E-state index contributed by atoms with van der Waals surface area (Å²) in [6, 6.07) is 13.9. The predicted molar refractivity (Wildman–Crippen MR) is 95.5 cm³/mol. The molecule has 26 heavy (non-hydrogen) atoms. The number of hydrogen-bond acceptors (Lipinski definition) is 5. The standard InChI is InChI=1S/C20H18N2O4/c1-24-20(23)13-9-21-18(11-6-7-15-16(8-11)26-10-25-15)19-17(13)12-4-2-3-5-14(12)22-19/h2-8,13,18,21-22H,9-10H2,1H3/t13-,18-/m1/s1. The van der Waals surface area contributed by atoms with Crippen LogP contribution in [0.15, 0.2) is 42.5 Å². The maximum atomic E-state index is 12.4. The Labute approximate surface area is 150 Å². The van der Waals surface area contributed by atoms with E-state index in [-0.39, 0.29) is 24.7 Å². The second-order valence-electron chi connectivity index (χ2n) is 6.53. The van der Waals surface area contributed by atoms with Crippen LogP contribution in [-0.2, 0) is 9.53 Å². The van der Waals surface area contributed by atoms with E-state index in [1.807, 2.05) is 42.5 Å². The third-order valence-corrected chi connectivity index (χ3v) is 5.16. The van der Waals surface area contributed by atoms with Crippen molar-refractivity contribution in [3.63, 3.8) is 0 Å². The molecule has 0 bridgehead atoms. The van der Waals surface area contributed by atoms with Crippen molar-refractivity contribution in [1.29, 1.82) is 0 Å².